The molecule has 0 heterocycles. The van der Waals surface area contributed by atoms with Crippen molar-refractivity contribution in [3.05, 3.63) is 0 Å². The summed E-state index contributed by atoms with van der Waals surface area (Å²) in [6.07, 6.45) is 8.11. The number of carbonyl (C=O) groups is 1. The Kier molecular flexibility index (Phi) is 10.5. The van der Waals surface area contributed by atoms with Crippen molar-refractivity contribution in [2.24, 2.45) is 16.8 Å². The lowest BCUT2D eigenvalue weighted by Crippen LogP contribution is -2.42. The highest BCUT2D eigenvalue weighted by Gasteiger charge is 2.20. The molecule has 0 saturated heterocycles. The maximum Gasteiger partial charge on any atom is 0.223 e. The van der Waals surface area contributed by atoms with E-state index in [4.69, 9.17) is 0 Å². The maximum absolute atomic E-state index is 12.1. The molecule has 5 heteroatoms. The van der Waals surface area contributed by atoms with E-state index in [9.17, 15) is 4.79 Å². The van der Waals surface area contributed by atoms with Gasteiger partial charge in [0.15, 0.2) is 5.96 Å². The Balaban J connectivity index is 2.26. The average Bonchev–Trinajstić information content (AvgIpc) is 2.59. The molecule has 23 heavy (non-hydrogen) atoms. The lowest BCUT2D eigenvalue weighted by molar-refractivity contribution is -0.125. The van der Waals surface area contributed by atoms with Gasteiger partial charge in [0.2, 0.25) is 5.91 Å². The molecule has 0 aromatic carbocycles. The van der Waals surface area contributed by atoms with Crippen LogP contribution in [0.2, 0.25) is 0 Å². The molecule has 1 fully saturated rings. The van der Waals surface area contributed by atoms with E-state index in [1.54, 1.807) is 0 Å². The number of rotatable bonds is 9. The fourth-order valence-electron chi connectivity index (χ4n) is 2.98. The van der Waals surface area contributed by atoms with Crippen LogP contribution in [0.25, 0.3) is 0 Å². The topological polar surface area (TPSA) is 65.5 Å². The van der Waals surface area contributed by atoms with Crippen LogP contribution >= 0.6 is 0 Å². The Hall–Kier alpha value is -1.26. The molecule has 1 aliphatic rings. The van der Waals surface area contributed by atoms with Gasteiger partial charge in [0.25, 0.3) is 0 Å². The van der Waals surface area contributed by atoms with Crippen LogP contribution < -0.4 is 16.0 Å². The van der Waals surface area contributed by atoms with Crippen molar-refractivity contribution in [3.8, 4) is 0 Å². The van der Waals surface area contributed by atoms with Crippen molar-refractivity contribution >= 4 is 11.9 Å². The molecule has 1 amide bonds. The summed E-state index contributed by atoms with van der Waals surface area (Å²) in [5, 5.41) is 9.62. The van der Waals surface area contributed by atoms with Crippen molar-refractivity contribution in [1.29, 1.82) is 0 Å². The standard InChI is InChI=1S/C18H36N4O/c1-4-15(5-2)14-22-18(19-6-3)21-13-12-20-17(23)16-10-8-7-9-11-16/h15-16H,4-14H2,1-3H3,(H,20,23)(H2,19,21,22). The first kappa shape index (κ1) is 19.8. The molecule has 0 atom stereocenters. The molecule has 1 saturated carbocycles. The minimum absolute atomic E-state index is 0.227. The lowest BCUT2D eigenvalue weighted by Gasteiger charge is -2.21. The number of carbonyl (C=O) groups excluding carboxylic acids is 1. The Labute approximate surface area is 142 Å². The van der Waals surface area contributed by atoms with Crippen LogP contribution in [0, 0.1) is 11.8 Å². The Morgan fingerprint density at radius 2 is 1.65 bits per heavy atom. The third-order valence-corrected chi connectivity index (χ3v) is 4.70. The normalized spacial score (nSPS) is 16.4. The van der Waals surface area contributed by atoms with Gasteiger partial charge in [-0.25, -0.2) is 0 Å². The van der Waals surface area contributed by atoms with Crippen molar-refractivity contribution < 1.29 is 4.79 Å². The summed E-state index contributed by atoms with van der Waals surface area (Å²) in [6.45, 7) is 9.58. The van der Waals surface area contributed by atoms with Crippen molar-refractivity contribution in [2.75, 3.05) is 26.2 Å². The summed E-state index contributed by atoms with van der Waals surface area (Å²) in [5.74, 6) is 1.97. The van der Waals surface area contributed by atoms with E-state index in [0.717, 1.165) is 44.7 Å². The van der Waals surface area contributed by atoms with Gasteiger partial charge in [-0.05, 0) is 25.7 Å². The van der Waals surface area contributed by atoms with Crippen LogP contribution in [0.15, 0.2) is 4.99 Å². The summed E-state index contributed by atoms with van der Waals surface area (Å²) in [7, 11) is 0. The molecule has 0 radical (unpaired) electrons. The fraction of sp³-hybridized carbons (Fsp3) is 0.889. The second-order valence-corrected chi connectivity index (χ2v) is 6.45. The molecule has 0 aliphatic heterocycles. The maximum atomic E-state index is 12.1. The first-order chi connectivity index (χ1) is 11.2. The van der Waals surface area contributed by atoms with E-state index in [2.05, 4.69) is 41.7 Å². The van der Waals surface area contributed by atoms with E-state index in [1.807, 2.05) is 0 Å². The molecule has 0 bridgehead atoms. The minimum atomic E-state index is 0.227. The molecule has 0 spiro atoms. The molecule has 1 rings (SSSR count). The van der Waals surface area contributed by atoms with Crippen LogP contribution in [0.3, 0.4) is 0 Å². The van der Waals surface area contributed by atoms with E-state index in [1.165, 1.54) is 19.3 Å². The van der Waals surface area contributed by atoms with Gasteiger partial charge in [0, 0.05) is 32.1 Å². The predicted molar refractivity (Wildman–Crippen MR) is 97.6 cm³/mol. The van der Waals surface area contributed by atoms with Gasteiger partial charge in [-0.3, -0.25) is 9.79 Å². The summed E-state index contributed by atoms with van der Waals surface area (Å²) in [4.78, 5) is 16.7. The smallest absolute Gasteiger partial charge is 0.223 e. The molecule has 1 aliphatic carbocycles. The van der Waals surface area contributed by atoms with E-state index in [-0.39, 0.29) is 11.8 Å². The molecular weight excluding hydrogens is 288 g/mol. The number of nitrogens with zero attached hydrogens (tertiary/aromatic N) is 1. The zero-order chi connectivity index (χ0) is 16.9. The molecule has 5 nitrogen and oxygen atoms in total. The average molecular weight is 325 g/mol. The zero-order valence-corrected chi connectivity index (χ0v) is 15.3. The number of aliphatic imine (C=N–C) groups is 1. The lowest BCUT2D eigenvalue weighted by atomic mass is 9.89. The second kappa shape index (κ2) is 12.2. The van der Waals surface area contributed by atoms with Gasteiger partial charge < -0.3 is 16.0 Å². The third kappa shape index (κ3) is 8.24. The molecule has 0 aromatic rings. The minimum Gasteiger partial charge on any atom is -0.357 e. The van der Waals surface area contributed by atoms with Crippen LogP contribution in [0.1, 0.15) is 65.7 Å². The Bertz CT molecular complexity index is 347. The van der Waals surface area contributed by atoms with Gasteiger partial charge in [0.1, 0.15) is 0 Å². The molecular formula is C18H36N4O. The predicted octanol–water partition coefficient (Wildman–Crippen LogP) is 2.67. The van der Waals surface area contributed by atoms with Crippen molar-refractivity contribution in [1.82, 2.24) is 16.0 Å². The van der Waals surface area contributed by atoms with E-state index in [0.29, 0.717) is 19.0 Å². The first-order valence-corrected chi connectivity index (χ1v) is 9.51. The number of hydrogen-bond donors (Lipinski definition) is 3. The Morgan fingerprint density at radius 3 is 2.26 bits per heavy atom. The fourth-order valence-corrected chi connectivity index (χ4v) is 2.98. The number of guanidine groups is 1. The summed E-state index contributed by atoms with van der Waals surface area (Å²) >= 11 is 0. The van der Waals surface area contributed by atoms with E-state index >= 15 is 0 Å². The van der Waals surface area contributed by atoms with Crippen molar-refractivity contribution in [3.63, 3.8) is 0 Å². The van der Waals surface area contributed by atoms with Crippen molar-refractivity contribution in [2.45, 2.75) is 65.7 Å². The quantitative estimate of drug-likeness (QED) is 0.347. The largest absolute Gasteiger partial charge is 0.357 e. The highest BCUT2D eigenvalue weighted by molar-refractivity contribution is 5.80. The van der Waals surface area contributed by atoms with E-state index < -0.39 is 0 Å². The summed E-state index contributed by atoms with van der Waals surface area (Å²) in [6, 6.07) is 0. The Morgan fingerprint density at radius 1 is 1.00 bits per heavy atom. The van der Waals surface area contributed by atoms with Crippen LogP contribution in [0.4, 0.5) is 0 Å². The van der Waals surface area contributed by atoms with Gasteiger partial charge >= 0.3 is 0 Å². The van der Waals surface area contributed by atoms with Crippen LogP contribution in [-0.2, 0) is 4.79 Å². The highest BCUT2D eigenvalue weighted by Crippen LogP contribution is 2.23. The molecule has 0 aromatic heterocycles. The van der Waals surface area contributed by atoms with Crippen LogP contribution in [0.5, 0.6) is 0 Å². The monoisotopic (exact) mass is 324 g/mol. The SMILES string of the molecule is CCNC(=NCC(CC)CC)NCCNC(=O)C1CCCCC1. The van der Waals surface area contributed by atoms with Gasteiger partial charge in [-0.1, -0.05) is 46.0 Å². The van der Waals surface area contributed by atoms with Gasteiger partial charge in [-0.15, -0.1) is 0 Å². The molecule has 134 valence electrons. The molecule has 0 unspecified atom stereocenters. The number of nitrogens with one attached hydrogen (secondary N) is 3. The molecule has 3 N–H and O–H groups in total. The second-order valence-electron chi connectivity index (χ2n) is 6.45. The first-order valence-electron chi connectivity index (χ1n) is 9.51. The van der Waals surface area contributed by atoms with Gasteiger partial charge in [-0.2, -0.15) is 0 Å². The number of hydrogen-bond acceptors (Lipinski definition) is 2. The summed E-state index contributed by atoms with van der Waals surface area (Å²) in [5.41, 5.74) is 0. The van der Waals surface area contributed by atoms with Crippen LogP contribution in [-0.4, -0.2) is 38.0 Å². The summed E-state index contributed by atoms with van der Waals surface area (Å²) < 4.78 is 0. The van der Waals surface area contributed by atoms with Gasteiger partial charge in [0.05, 0.1) is 0 Å². The highest BCUT2D eigenvalue weighted by atomic mass is 16.1. The third-order valence-electron chi connectivity index (χ3n) is 4.70. The number of amides is 1. The zero-order valence-electron chi connectivity index (χ0n) is 15.3.